The highest BCUT2D eigenvalue weighted by Gasteiger charge is 2.29. The summed E-state index contributed by atoms with van der Waals surface area (Å²) >= 11 is 0. The molecule has 0 bridgehead atoms. The molecule has 3 aromatic carbocycles. The number of rotatable bonds is 2. The smallest absolute Gasteiger partial charge is 0.252 e. The van der Waals surface area contributed by atoms with Crippen LogP contribution in [0.2, 0.25) is 0 Å². The summed E-state index contributed by atoms with van der Waals surface area (Å²) in [5.41, 5.74) is 15.1. The van der Waals surface area contributed by atoms with E-state index < -0.39 is 5.82 Å². The van der Waals surface area contributed by atoms with Crippen molar-refractivity contribution in [2.75, 3.05) is 24.6 Å². The number of carbonyl (C=O) groups excluding carboxylic acids is 1. The van der Waals surface area contributed by atoms with Crippen LogP contribution in [0.3, 0.4) is 0 Å². The minimum Gasteiger partial charge on any atom is -0.399 e. The van der Waals surface area contributed by atoms with Crippen molar-refractivity contribution in [1.29, 1.82) is 0 Å². The van der Waals surface area contributed by atoms with Crippen LogP contribution in [0.1, 0.15) is 21.5 Å². The number of halogens is 2. The van der Waals surface area contributed by atoms with Gasteiger partial charge in [0.1, 0.15) is 17.5 Å². The highest BCUT2D eigenvalue weighted by molar-refractivity contribution is 6.13. The van der Waals surface area contributed by atoms with Crippen LogP contribution < -0.4 is 22.1 Å². The fourth-order valence-corrected chi connectivity index (χ4v) is 3.59. The molecule has 5 rings (SSSR count). The first-order valence-corrected chi connectivity index (χ1v) is 9.73. The van der Waals surface area contributed by atoms with Crippen molar-refractivity contribution >= 4 is 23.1 Å². The van der Waals surface area contributed by atoms with E-state index in [4.69, 9.17) is 11.5 Å². The topological polar surface area (TPSA) is 106 Å². The summed E-state index contributed by atoms with van der Waals surface area (Å²) in [4.78, 5) is 16.6. The van der Waals surface area contributed by atoms with Crippen molar-refractivity contribution in [3.63, 3.8) is 0 Å². The van der Waals surface area contributed by atoms with Gasteiger partial charge in [0.05, 0.1) is 12.1 Å². The lowest BCUT2D eigenvalue weighted by molar-refractivity contribution is 0.0965. The number of nitrogens with two attached hydrogens (primary N) is 2. The Morgan fingerprint density at radius 2 is 1.52 bits per heavy atom. The monoisotopic (exact) mass is 421 g/mol. The SMILES string of the molecule is Nc1ccc(-c2ccc(C3=NCCN3)c3c2CNC3=O)c(F)c1.Nc1ccc(F)cc1. The van der Waals surface area contributed by atoms with Crippen LogP contribution in [0.4, 0.5) is 20.2 Å². The summed E-state index contributed by atoms with van der Waals surface area (Å²) in [6.45, 7) is 1.84. The molecule has 158 valence electrons. The number of benzene rings is 3. The molecule has 2 aliphatic rings. The molecule has 0 atom stereocenters. The third kappa shape index (κ3) is 4.18. The van der Waals surface area contributed by atoms with E-state index >= 15 is 0 Å². The summed E-state index contributed by atoms with van der Waals surface area (Å²) < 4.78 is 26.3. The van der Waals surface area contributed by atoms with Crippen molar-refractivity contribution in [2.24, 2.45) is 4.99 Å². The van der Waals surface area contributed by atoms with Gasteiger partial charge in [0.25, 0.3) is 5.91 Å². The van der Waals surface area contributed by atoms with Gasteiger partial charge in [-0.05, 0) is 59.7 Å². The van der Waals surface area contributed by atoms with Gasteiger partial charge in [0.15, 0.2) is 0 Å². The van der Waals surface area contributed by atoms with Gasteiger partial charge in [-0.3, -0.25) is 9.79 Å². The predicted octanol–water partition coefficient (Wildman–Crippen LogP) is 3.08. The Morgan fingerprint density at radius 1 is 0.839 bits per heavy atom. The van der Waals surface area contributed by atoms with Gasteiger partial charge in [0, 0.05) is 35.6 Å². The number of aliphatic imine (C=N–C) groups is 1. The number of nitrogen functional groups attached to an aromatic ring is 2. The second-order valence-electron chi connectivity index (χ2n) is 7.14. The summed E-state index contributed by atoms with van der Waals surface area (Å²) in [7, 11) is 0. The number of carbonyl (C=O) groups is 1. The molecular weight excluding hydrogens is 400 g/mol. The standard InChI is InChI=1S/C17H15FN4O.C6H6FN/c18-14-7-9(19)1-2-11(14)10-3-4-12(16-20-5-6-21-16)15-13(10)8-22-17(15)23;7-5-1-3-6(8)4-2-5/h1-4,7H,5-6,8,19H2,(H,20,21)(H,22,23);1-4H,8H2. The largest absolute Gasteiger partial charge is 0.399 e. The van der Waals surface area contributed by atoms with Gasteiger partial charge < -0.3 is 22.1 Å². The van der Waals surface area contributed by atoms with Crippen molar-refractivity contribution in [3.05, 3.63) is 82.9 Å². The molecule has 0 aromatic heterocycles. The molecule has 6 N–H and O–H groups in total. The minimum absolute atomic E-state index is 0.149. The lowest BCUT2D eigenvalue weighted by atomic mass is 9.92. The number of nitrogens with one attached hydrogen (secondary N) is 2. The number of hydrogen-bond donors (Lipinski definition) is 4. The van der Waals surface area contributed by atoms with Crippen LogP contribution in [-0.2, 0) is 6.54 Å². The van der Waals surface area contributed by atoms with E-state index in [0.29, 0.717) is 41.2 Å². The number of amides is 1. The molecule has 1 amide bonds. The number of fused-ring (bicyclic) bond motifs is 1. The van der Waals surface area contributed by atoms with Crippen molar-refractivity contribution < 1.29 is 13.6 Å². The van der Waals surface area contributed by atoms with E-state index in [0.717, 1.165) is 23.5 Å². The highest BCUT2D eigenvalue weighted by Crippen LogP contribution is 2.34. The summed E-state index contributed by atoms with van der Waals surface area (Å²) in [5.74, 6) is -0.0680. The van der Waals surface area contributed by atoms with Gasteiger partial charge in [0.2, 0.25) is 0 Å². The second kappa shape index (κ2) is 8.43. The van der Waals surface area contributed by atoms with Crippen molar-refractivity contribution in [1.82, 2.24) is 10.6 Å². The molecule has 2 heterocycles. The van der Waals surface area contributed by atoms with Gasteiger partial charge in [-0.15, -0.1) is 0 Å². The van der Waals surface area contributed by atoms with E-state index in [9.17, 15) is 13.6 Å². The lowest BCUT2D eigenvalue weighted by Crippen LogP contribution is -2.23. The molecule has 6 nitrogen and oxygen atoms in total. The average Bonchev–Trinajstić information content (AvgIpc) is 3.41. The normalized spacial score (nSPS) is 14.1. The van der Waals surface area contributed by atoms with Crippen LogP contribution in [0.25, 0.3) is 11.1 Å². The van der Waals surface area contributed by atoms with E-state index in [2.05, 4.69) is 15.6 Å². The fourth-order valence-electron chi connectivity index (χ4n) is 3.59. The Morgan fingerprint density at radius 3 is 2.16 bits per heavy atom. The Hall–Kier alpha value is -3.94. The zero-order valence-electron chi connectivity index (χ0n) is 16.6. The Bertz CT molecular complexity index is 1150. The molecule has 0 unspecified atom stereocenters. The third-order valence-electron chi connectivity index (χ3n) is 5.05. The van der Waals surface area contributed by atoms with E-state index in [-0.39, 0.29) is 11.7 Å². The average molecular weight is 421 g/mol. The number of amidine groups is 1. The Kier molecular flexibility index (Phi) is 5.53. The molecular formula is C23H21F2N5O. The first-order valence-electron chi connectivity index (χ1n) is 9.73. The van der Waals surface area contributed by atoms with E-state index in [1.54, 1.807) is 12.1 Å². The molecule has 31 heavy (non-hydrogen) atoms. The van der Waals surface area contributed by atoms with Crippen LogP contribution in [0, 0.1) is 11.6 Å². The third-order valence-corrected chi connectivity index (χ3v) is 5.05. The number of nitrogens with zero attached hydrogens (tertiary/aromatic N) is 1. The molecule has 0 saturated heterocycles. The van der Waals surface area contributed by atoms with Crippen LogP contribution >= 0.6 is 0 Å². The van der Waals surface area contributed by atoms with E-state index in [1.165, 1.54) is 30.3 Å². The van der Waals surface area contributed by atoms with Crippen LogP contribution in [-0.4, -0.2) is 24.8 Å². The second-order valence-corrected chi connectivity index (χ2v) is 7.14. The Labute approximate surface area is 178 Å². The molecule has 8 heteroatoms. The van der Waals surface area contributed by atoms with Gasteiger partial charge >= 0.3 is 0 Å². The van der Waals surface area contributed by atoms with Crippen LogP contribution in [0.15, 0.2) is 59.6 Å². The molecule has 0 aliphatic carbocycles. The minimum atomic E-state index is -0.393. The summed E-state index contributed by atoms with van der Waals surface area (Å²) in [6.07, 6.45) is 0. The first kappa shape index (κ1) is 20.3. The fraction of sp³-hybridized carbons (Fsp3) is 0.130. The zero-order valence-corrected chi connectivity index (χ0v) is 16.6. The molecule has 0 radical (unpaired) electrons. The molecule has 2 aliphatic heterocycles. The maximum atomic E-state index is 14.3. The Balaban J connectivity index is 0.000000245. The van der Waals surface area contributed by atoms with Crippen LogP contribution in [0.5, 0.6) is 0 Å². The van der Waals surface area contributed by atoms with Crippen molar-refractivity contribution in [3.8, 4) is 11.1 Å². The maximum absolute atomic E-state index is 14.3. The molecule has 0 fully saturated rings. The van der Waals surface area contributed by atoms with Crippen molar-refractivity contribution in [2.45, 2.75) is 6.54 Å². The summed E-state index contributed by atoms with van der Waals surface area (Å²) in [6, 6.07) is 14.0. The summed E-state index contributed by atoms with van der Waals surface area (Å²) in [5, 5.41) is 6.00. The number of hydrogen-bond acceptors (Lipinski definition) is 5. The maximum Gasteiger partial charge on any atom is 0.252 e. The molecule has 0 saturated carbocycles. The van der Waals surface area contributed by atoms with Gasteiger partial charge in [-0.25, -0.2) is 8.78 Å². The van der Waals surface area contributed by atoms with Gasteiger partial charge in [-0.2, -0.15) is 0 Å². The van der Waals surface area contributed by atoms with Gasteiger partial charge in [-0.1, -0.05) is 6.07 Å². The first-order chi connectivity index (χ1) is 14.9. The number of anilines is 2. The highest BCUT2D eigenvalue weighted by atomic mass is 19.1. The lowest BCUT2D eigenvalue weighted by Gasteiger charge is -2.13. The zero-order chi connectivity index (χ0) is 22.0. The van der Waals surface area contributed by atoms with E-state index in [1.807, 2.05) is 12.1 Å². The predicted molar refractivity (Wildman–Crippen MR) is 118 cm³/mol. The molecule has 3 aromatic rings. The quantitative estimate of drug-likeness (QED) is 0.477. The molecule has 0 spiro atoms.